The molecule has 0 bridgehead atoms. The highest BCUT2D eigenvalue weighted by molar-refractivity contribution is 9.10. The second-order valence-corrected chi connectivity index (χ2v) is 6.59. The van der Waals surface area contributed by atoms with Crippen molar-refractivity contribution >= 4 is 21.8 Å². The van der Waals surface area contributed by atoms with Gasteiger partial charge in [0.25, 0.3) is 5.91 Å². The topological polar surface area (TPSA) is 41.6 Å². The van der Waals surface area contributed by atoms with Gasteiger partial charge in [0.05, 0.1) is 13.2 Å². The predicted molar refractivity (Wildman–Crippen MR) is 93.1 cm³/mol. The number of nitrogens with zero attached hydrogens (tertiary/aromatic N) is 1. The Bertz CT molecular complexity index is 729. The van der Waals surface area contributed by atoms with Gasteiger partial charge in [-0.1, -0.05) is 34.1 Å². The molecule has 1 unspecified atom stereocenters. The highest BCUT2D eigenvalue weighted by Crippen LogP contribution is 2.23. The molecule has 1 N–H and O–H groups in total. The maximum atomic E-state index is 13.9. The molecule has 1 aliphatic rings. The quantitative estimate of drug-likeness (QED) is 0.838. The number of nitrogens with one attached hydrogen (secondary N) is 1. The molecule has 1 aliphatic heterocycles. The first-order chi connectivity index (χ1) is 12.1. The summed E-state index contributed by atoms with van der Waals surface area (Å²) in [5.74, 6) is -2.54. The first kappa shape index (κ1) is 18.0. The van der Waals surface area contributed by atoms with E-state index in [1.165, 1.54) is 6.07 Å². The number of carbonyl (C=O) groups is 1. The lowest BCUT2D eigenvalue weighted by atomic mass is 10.1. The minimum Gasteiger partial charge on any atom is -0.379 e. The zero-order valence-corrected chi connectivity index (χ0v) is 14.9. The Morgan fingerprint density at radius 1 is 1.08 bits per heavy atom. The first-order valence-corrected chi connectivity index (χ1v) is 8.67. The van der Waals surface area contributed by atoms with Crippen LogP contribution >= 0.6 is 15.9 Å². The van der Waals surface area contributed by atoms with Gasteiger partial charge in [-0.3, -0.25) is 9.69 Å². The number of rotatable bonds is 4. The average molecular weight is 411 g/mol. The Balaban J connectivity index is 1.89. The zero-order valence-electron chi connectivity index (χ0n) is 13.3. The SMILES string of the molecule is O=C(NC(c1ccc(Br)cc1)N1CCOCC1)c1c(F)cccc1F. The van der Waals surface area contributed by atoms with Gasteiger partial charge in [-0.2, -0.15) is 0 Å². The van der Waals surface area contributed by atoms with Crippen LogP contribution < -0.4 is 5.32 Å². The molecule has 1 atom stereocenters. The van der Waals surface area contributed by atoms with E-state index in [0.717, 1.165) is 22.2 Å². The van der Waals surface area contributed by atoms with Crippen molar-refractivity contribution in [3.8, 4) is 0 Å². The van der Waals surface area contributed by atoms with Crippen LogP contribution in [0.15, 0.2) is 46.9 Å². The van der Waals surface area contributed by atoms with Gasteiger partial charge in [0.2, 0.25) is 0 Å². The third-order valence-corrected chi connectivity index (χ3v) is 4.58. The van der Waals surface area contributed by atoms with Crippen molar-refractivity contribution in [1.82, 2.24) is 10.2 Å². The molecule has 0 aromatic heterocycles. The fourth-order valence-corrected chi connectivity index (χ4v) is 3.04. The second kappa shape index (κ2) is 8.03. The minimum absolute atomic E-state index is 0.497. The fraction of sp³-hybridized carbons (Fsp3) is 0.278. The van der Waals surface area contributed by atoms with Crippen LogP contribution in [0.4, 0.5) is 8.78 Å². The molecule has 2 aromatic rings. The van der Waals surface area contributed by atoms with Crippen molar-refractivity contribution in [2.24, 2.45) is 0 Å². The Labute approximate surface area is 152 Å². The molecule has 132 valence electrons. The van der Waals surface area contributed by atoms with E-state index in [9.17, 15) is 13.6 Å². The normalized spacial score (nSPS) is 16.4. The van der Waals surface area contributed by atoms with Crippen LogP contribution in [-0.2, 0) is 4.74 Å². The lowest BCUT2D eigenvalue weighted by Gasteiger charge is -2.35. The van der Waals surface area contributed by atoms with Gasteiger partial charge in [0, 0.05) is 17.6 Å². The van der Waals surface area contributed by atoms with Crippen LogP contribution in [-0.4, -0.2) is 37.1 Å². The number of morpholine rings is 1. The van der Waals surface area contributed by atoms with Crippen LogP contribution in [0.2, 0.25) is 0 Å². The van der Waals surface area contributed by atoms with Crippen LogP contribution in [0.25, 0.3) is 0 Å². The third-order valence-electron chi connectivity index (χ3n) is 4.05. The second-order valence-electron chi connectivity index (χ2n) is 5.67. The van der Waals surface area contributed by atoms with Gasteiger partial charge in [-0.25, -0.2) is 8.78 Å². The van der Waals surface area contributed by atoms with Gasteiger partial charge in [0.1, 0.15) is 23.4 Å². The Kier molecular flexibility index (Phi) is 5.78. The summed E-state index contributed by atoms with van der Waals surface area (Å²) in [5.41, 5.74) is 0.257. The number of amides is 1. The molecule has 0 spiro atoms. The minimum atomic E-state index is -0.881. The van der Waals surface area contributed by atoms with E-state index in [1.807, 2.05) is 29.2 Å². The molecule has 1 saturated heterocycles. The molecule has 0 saturated carbocycles. The molecule has 3 rings (SSSR count). The lowest BCUT2D eigenvalue weighted by molar-refractivity contribution is 0.00837. The summed E-state index contributed by atoms with van der Waals surface area (Å²) in [5, 5.41) is 2.76. The van der Waals surface area contributed by atoms with Gasteiger partial charge in [-0.15, -0.1) is 0 Å². The third kappa shape index (κ3) is 4.23. The molecule has 1 amide bonds. The lowest BCUT2D eigenvalue weighted by Crippen LogP contribution is -2.46. The van der Waals surface area contributed by atoms with Gasteiger partial charge >= 0.3 is 0 Å². The van der Waals surface area contributed by atoms with Crippen LogP contribution in [0.3, 0.4) is 0 Å². The highest BCUT2D eigenvalue weighted by atomic mass is 79.9. The van der Waals surface area contributed by atoms with Crippen LogP contribution in [0, 0.1) is 11.6 Å². The zero-order chi connectivity index (χ0) is 17.8. The van der Waals surface area contributed by atoms with Gasteiger partial charge < -0.3 is 10.1 Å². The van der Waals surface area contributed by atoms with E-state index >= 15 is 0 Å². The summed E-state index contributed by atoms with van der Waals surface area (Å²) < 4.78 is 34.1. The number of benzene rings is 2. The highest BCUT2D eigenvalue weighted by Gasteiger charge is 2.27. The number of carbonyl (C=O) groups excluding carboxylic acids is 1. The van der Waals surface area contributed by atoms with Crippen molar-refractivity contribution in [2.75, 3.05) is 26.3 Å². The van der Waals surface area contributed by atoms with Crippen molar-refractivity contribution in [1.29, 1.82) is 0 Å². The monoisotopic (exact) mass is 410 g/mol. The maximum Gasteiger partial charge on any atom is 0.258 e. The molecule has 2 aromatic carbocycles. The molecule has 25 heavy (non-hydrogen) atoms. The number of hydrogen-bond acceptors (Lipinski definition) is 3. The molecule has 1 fully saturated rings. The van der Waals surface area contributed by atoms with E-state index in [0.29, 0.717) is 26.3 Å². The summed E-state index contributed by atoms with van der Waals surface area (Å²) in [6.07, 6.45) is -0.497. The molecule has 7 heteroatoms. The maximum absolute atomic E-state index is 13.9. The number of ether oxygens (including phenoxy) is 1. The molecular weight excluding hydrogens is 394 g/mol. The van der Waals surface area contributed by atoms with Crippen LogP contribution in [0.5, 0.6) is 0 Å². The Hall–Kier alpha value is -1.83. The fourth-order valence-electron chi connectivity index (χ4n) is 2.78. The van der Waals surface area contributed by atoms with Crippen molar-refractivity contribution in [2.45, 2.75) is 6.17 Å². The molecule has 1 heterocycles. The molecule has 4 nitrogen and oxygen atoms in total. The van der Waals surface area contributed by atoms with E-state index in [4.69, 9.17) is 4.74 Å². The van der Waals surface area contributed by atoms with E-state index in [-0.39, 0.29) is 0 Å². The van der Waals surface area contributed by atoms with Gasteiger partial charge in [-0.05, 0) is 29.8 Å². The predicted octanol–water partition coefficient (Wildman–Crippen LogP) is 3.49. The van der Waals surface area contributed by atoms with Gasteiger partial charge in [0.15, 0.2) is 0 Å². The number of hydrogen-bond donors (Lipinski definition) is 1. The average Bonchev–Trinajstić information content (AvgIpc) is 2.61. The summed E-state index contributed by atoms with van der Waals surface area (Å²) in [7, 11) is 0. The van der Waals surface area contributed by atoms with Crippen LogP contribution in [0.1, 0.15) is 22.1 Å². The van der Waals surface area contributed by atoms with Crippen molar-refractivity contribution in [3.05, 3.63) is 69.7 Å². The number of halogens is 3. The van der Waals surface area contributed by atoms with E-state index < -0.39 is 29.3 Å². The molecule has 0 aliphatic carbocycles. The Morgan fingerprint density at radius 3 is 2.28 bits per heavy atom. The first-order valence-electron chi connectivity index (χ1n) is 7.88. The largest absolute Gasteiger partial charge is 0.379 e. The van der Waals surface area contributed by atoms with Crippen molar-refractivity contribution < 1.29 is 18.3 Å². The summed E-state index contributed by atoms with van der Waals surface area (Å²) in [6.45, 7) is 2.30. The van der Waals surface area contributed by atoms with E-state index in [1.54, 1.807) is 0 Å². The summed E-state index contributed by atoms with van der Waals surface area (Å²) in [6, 6.07) is 10.8. The van der Waals surface area contributed by atoms with E-state index in [2.05, 4.69) is 21.2 Å². The summed E-state index contributed by atoms with van der Waals surface area (Å²) in [4.78, 5) is 14.5. The Morgan fingerprint density at radius 2 is 1.68 bits per heavy atom. The smallest absolute Gasteiger partial charge is 0.258 e. The molecular formula is C18H17BrF2N2O2. The molecule has 0 radical (unpaired) electrons. The summed E-state index contributed by atoms with van der Waals surface area (Å²) >= 11 is 3.38. The standard InChI is InChI=1S/C18H17BrF2N2O2/c19-13-6-4-12(5-7-13)17(23-8-10-25-11-9-23)22-18(24)16-14(20)2-1-3-15(16)21/h1-7,17H,8-11H2,(H,22,24). The van der Waals surface area contributed by atoms with Crippen molar-refractivity contribution in [3.63, 3.8) is 0 Å².